The van der Waals surface area contributed by atoms with E-state index >= 15 is 0 Å². The summed E-state index contributed by atoms with van der Waals surface area (Å²) in [6.07, 6.45) is 5.70. The van der Waals surface area contributed by atoms with Crippen LogP contribution in [-0.4, -0.2) is 7.28 Å². The Morgan fingerprint density at radius 1 is 1.42 bits per heavy atom. The van der Waals surface area contributed by atoms with Crippen LogP contribution in [0.1, 0.15) is 40.0 Å². The summed E-state index contributed by atoms with van der Waals surface area (Å²) >= 11 is 0. The highest BCUT2D eigenvalue weighted by molar-refractivity contribution is 6.42. The van der Waals surface area contributed by atoms with Crippen molar-refractivity contribution in [1.82, 2.24) is 0 Å². The largest absolute Gasteiger partial charge is 0.118 e. The Morgan fingerprint density at radius 3 is 2.58 bits per heavy atom. The van der Waals surface area contributed by atoms with Crippen LogP contribution in [0.25, 0.3) is 0 Å². The number of hydrogen-bond acceptors (Lipinski definition) is 0. The number of rotatable bonds is 1. The molecule has 2 rings (SSSR count). The van der Waals surface area contributed by atoms with E-state index in [0.717, 1.165) is 17.8 Å². The summed E-state index contributed by atoms with van der Waals surface area (Å²) in [4.78, 5) is 0. The summed E-state index contributed by atoms with van der Waals surface area (Å²) in [7, 11) is 2.63. The average Bonchev–Trinajstić information content (AvgIpc) is 2.70. The zero-order valence-electron chi connectivity index (χ0n) is 8.64. The van der Waals surface area contributed by atoms with Crippen LogP contribution in [-0.2, 0) is 0 Å². The van der Waals surface area contributed by atoms with Crippen molar-refractivity contribution in [1.29, 1.82) is 0 Å². The first-order valence-electron chi connectivity index (χ1n) is 5.55. The lowest BCUT2D eigenvalue weighted by Gasteiger charge is -2.36. The third-order valence-corrected chi connectivity index (χ3v) is 4.56. The normalized spacial score (nSPS) is 52.1. The Balaban J connectivity index is 2.07. The van der Waals surface area contributed by atoms with Crippen molar-refractivity contribution < 1.29 is 0 Å². The molecule has 4 unspecified atom stereocenters. The van der Waals surface area contributed by atoms with Gasteiger partial charge < -0.3 is 0 Å². The van der Waals surface area contributed by atoms with Gasteiger partial charge in [0.1, 0.15) is 7.28 Å². The van der Waals surface area contributed by atoms with E-state index in [9.17, 15) is 0 Å². The van der Waals surface area contributed by atoms with Crippen LogP contribution >= 0.6 is 0 Å². The van der Waals surface area contributed by atoms with E-state index in [-0.39, 0.29) is 0 Å². The van der Waals surface area contributed by atoms with Crippen LogP contribution in [0.4, 0.5) is 0 Å². The van der Waals surface area contributed by atoms with Crippen molar-refractivity contribution in [2.24, 2.45) is 17.8 Å². The Morgan fingerprint density at radius 2 is 2.08 bits per heavy atom. The molecule has 67 valence electrons. The van der Waals surface area contributed by atoms with Gasteiger partial charge in [-0.15, -0.1) is 0 Å². The van der Waals surface area contributed by atoms with Crippen molar-refractivity contribution in [3.05, 3.63) is 0 Å². The van der Waals surface area contributed by atoms with E-state index in [1.807, 2.05) is 0 Å². The molecule has 0 aromatic heterocycles. The van der Waals surface area contributed by atoms with Crippen LogP contribution in [0.15, 0.2) is 0 Å². The lowest BCUT2D eigenvalue weighted by molar-refractivity contribution is 0.284. The summed E-state index contributed by atoms with van der Waals surface area (Å²) in [5.74, 6) is 2.97. The molecule has 0 amide bonds. The maximum Gasteiger partial charge on any atom is 0.118 e. The Labute approximate surface area is 77.4 Å². The highest BCUT2D eigenvalue weighted by atomic mass is 14.5. The molecule has 2 fully saturated rings. The molecule has 1 radical (unpaired) electrons. The summed E-state index contributed by atoms with van der Waals surface area (Å²) in [5.41, 5.74) is 0. The summed E-state index contributed by atoms with van der Waals surface area (Å²) in [5, 5.41) is 0.693. The first kappa shape index (κ1) is 8.65. The maximum atomic E-state index is 2.63. The fourth-order valence-electron chi connectivity index (χ4n) is 3.39. The van der Waals surface area contributed by atoms with Crippen LogP contribution in [0.5, 0.6) is 0 Å². The summed E-state index contributed by atoms with van der Waals surface area (Å²) in [6, 6.07) is 0. The van der Waals surface area contributed by atoms with Crippen LogP contribution in [0.3, 0.4) is 0 Å². The van der Waals surface area contributed by atoms with Gasteiger partial charge >= 0.3 is 0 Å². The second-order valence-corrected chi connectivity index (χ2v) is 4.96. The standard InChI is InChI=1S/C11H20B/c1-4-10-5-6-12-11(9(10)3)7-8(11)2/h8-10H,4-7H2,1-3H3. The second-order valence-electron chi connectivity index (χ2n) is 4.96. The van der Waals surface area contributed by atoms with Crippen molar-refractivity contribution in [3.8, 4) is 0 Å². The van der Waals surface area contributed by atoms with Gasteiger partial charge in [0.05, 0.1) is 0 Å². The summed E-state index contributed by atoms with van der Waals surface area (Å²) < 4.78 is 0. The molecule has 1 aliphatic carbocycles. The molecule has 1 saturated carbocycles. The second kappa shape index (κ2) is 2.78. The van der Waals surface area contributed by atoms with Gasteiger partial charge in [0.25, 0.3) is 0 Å². The van der Waals surface area contributed by atoms with Crippen molar-refractivity contribution >= 4 is 7.28 Å². The summed E-state index contributed by atoms with van der Waals surface area (Å²) in [6.45, 7) is 7.26. The topological polar surface area (TPSA) is 0 Å². The molecule has 0 N–H and O–H groups in total. The van der Waals surface area contributed by atoms with E-state index in [0.29, 0.717) is 5.31 Å². The Hall–Kier alpha value is 0.0649. The average molecular weight is 163 g/mol. The van der Waals surface area contributed by atoms with Crippen molar-refractivity contribution in [3.63, 3.8) is 0 Å². The molecule has 0 nitrogen and oxygen atoms in total. The Kier molecular flexibility index (Phi) is 2.01. The highest BCUT2D eigenvalue weighted by Crippen LogP contribution is 2.68. The molecule has 1 spiro atoms. The Bertz CT molecular complexity index is 178. The predicted octanol–water partition coefficient (Wildman–Crippen LogP) is 3.37. The molecule has 2 aliphatic rings. The molecule has 4 atom stereocenters. The molecule has 12 heavy (non-hydrogen) atoms. The molecule has 0 bridgehead atoms. The van der Waals surface area contributed by atoms with Gasteiger partial charge in [-0.1, -0.05) is 51.7 Å². The lowest BCUT2D eigenvalue weighted by atomic mass is 9.45. The minimum atomic E-state index is 0.693. The molecule has 0 aromatic carbocycles. The molecular formula is C11H20B. The zero-order chi connectivity index (χ0) is 8.77. The van der Waals surface area contributed by atoms with Gasteiger partial charge in [0.2, 0.25) is 0 Å². The van der Waals surface area contributed by atoms with E-state index in [4.69, 9.17) is 0 Å². The highest BCUT2D eigenvalue weighted by Gasteiger charge is 2.56. The van der Waals surface area contributed by atoms with Gasteiger partial charge in [-0.05, 0) is 17.8 Å². The molecular weight excluding hydrogens is 143 g/mol. The van der Waals surface area contributed by atoms with Crippen LogP contribution < -0.4 is 0 Å². The van der Waals surface area contributed by atoms with E-state index in [1.54, 1.807) is 0 Å². The molecule has 1 aliphatic heterocycles. The van der Waals surface area contributed by atoms with Gasteiger partial charge in [-0.3, -0.25) is 0 Å². The lowest BCUT2D eigenvalue weighted by Crippen LogP contribution is -2.28. The fraction of sp³-hybridized carbons (Fsp3) is 1.00. The van der Waals surface area contributed by atoms with E-state index in [2.05, 4.69) is 28.1 Å². The third-order valence-electron chi connectivity index (χ3n) is 4.56. The smallest absolute Gasteiger partial charge is 0.0793 e. The molecule has 1 saturated heterocycles. The van der Waals surface area contributed by atoms with Gasteiger partial charge in [-0.25, -0.2) is 0 Å². The van der Waals surface area contributed by atoms with Gasteiger partial charge in [0, 0.05) is 0 Å². The predicted molar refractivity (Wildman–Crippen MR) is 54.6 cm³/mol. The van der Waals surface area contributed by atoms with Gasteiger partial charge in [-0.2, -0.15) is 0 Å². The maximum absolute atomic E-state index is 2.63. The first-order chi connectivity index (χ1) is 5.70. The van der Waals surface area contributed by atoms with E-state index < -0.39 is 0 Å². The monoisotopic (exact) mass is 163 g/mol. The quantitative estimate of drug-likeness (QED) is 0.520. The van der Waals surface area contributed by atoms with Crippen molar-refractivity contribution in [2.45, 2.75) is 51.7 Å². The van der Waals surface area contributed by atoms with Crippen molar-refractivity contribution in [2.75, 3.05) is 0 Å². The third kappa shape index (κ3) is 1.05. The molecule has 1 heterocycles. The minimum absolute atomic E-state index is 0.693. The first-order valence-corrected chi connectivity index (χ1v) is 5.55. The van der Waals surface area contributed by atoms with Gasteiger partial charge in [0.15, 0.2) is 0 Å². The van der Waals surface area contributed by atoms with E-state index in [1.165, 1.54) is 25.6 Å². The SMILES string of the molecule is CCC1CC[B]C2(CC2C)C1C. The zero-order valence-corrected chi connectivity index (χ0v) is 8.64. The minimum Gasteiger partial charge on any atom is -0.0793 e. The fourth-order valence-corrected chi connectivity index (χ4v) is 3.39. The van der Waals surface area contributed by atoms with Crippen LogP contribution in [0, 0.1) is 17.8 Å². The molecule has 1 heteroatoms. The molecule has 0 aromatic rings. The van der Waals surface area contributed by atoms with Crippen LogP contribution in [0.2, 0.25) is 11.6 Å². The number of hydrogen-bond donors (Lipinski definition) is 0.